The summed E-state index contributed by atoms with van der Waals surface area (Å²) in [6.07, 6.45) is -1.04. The first-order chi connectivity index (χ1) is 26.2. The molecule has 0 aliphatic carbocycles. The second kappa shape index (κ2) is 18.1. The Morgan fingerprint density at radius 3 is 2.26 bits per heavy atom. The van der Waals surface area contributed by atoms with Crippen molar-refractivity contribution < 1.29 is 33.8 Å². The molecule has 0 bridgehead atoms. The van der Waals surface area contributed by atoms with E-state index in [4.69, 9.17) is 14.2 Å². The van der Waals surface area contributed by atoms with Crippen LogP contribution in [0.1, 0.15) is 48.5 Å². The third-order valence-corrected chi connectivity index (χ3v) is 9.93. The third-order valence-electron chi connectivity index (χ3n) is 9.93. The van der Waals surface area contributed by atoms with Gasteiger partial charge in [0, 0.05) is 68.6 Å². The molecule has 54 heavy (non-hydrogen) atoms. The molecular formula is C41H47N5O8. The first kappa shape index (κ1) is 38.4. The third kappa shape index (κ3) is 9.79. The largest absolute Gasteiger partial charge is 0.465 e. The normalized spacial score (nSPS) is 20.2. The van der Waals surface area contributed by atoms with Gasteiger partial charge >= 0.3 is 12.0 Å². The summed E-state index contributed by atoms with van der Waals surface area (Å²) >= 11 is 0. The van der Waals surface area contributed by atoms with Crippen LogP contribution in [0, 0.1) is 16.0 Å². The summed E-state index contributed by atoms with van der Waals surface area (Å²) in [7, 11) is 0. The lowest BCUT2D eigenvalue weighted by atomic mass is 9.89. The number of urea groups is 1. The summed E-state index contributed by atoms with van der Waals surface area (Å²) in [5.74, 6) is -0.470. The van der Waals surface area contributed by atoms with Crippen molar-refractivity contribution in [2.24, 2.45) is 5.92 Å². The van der Waals surface area contributed by atoms with Crippen LogP contribution in [-0.2, 0) is 32.2 Å². The number of anilines is 1. The van der Waals surface area contributed by atoms with Crippen molar-refractivity contribution in [3.05, 3.63) is 129 Å². The summed E-state index contributed by atoms with van der Waals surface area (Å²) < 4.78 is 18.4. The lowest BCUT2D eigenvalue weighted by molar-refractivity contribution is -0.384. The highest BCUT2D eigenvalue weighted by atomic mass is 16.7. The minimum atomic E-state index is -0.636. The van der Waals surface area contributed by atoms with E-state index in [1.54, 1.807) is 19.1 Å². The monoisotopic (exact) mass is 737 g/mol. The summed E-state index contributed by atoms with van der Waals surface area (Å²) in [5.41, 5.74) is 6.61. The van der Waals surface area contributed by atoms with Crippen molar-refractivity contribution in [3.63, 3.8) is 0 Å². The van der Waals surface area contributed by atoms with Crippen LogP contribution in [0.15, 0.2) is 97.1 Å². The number of non-ortho nitro benzene ring substituents is 1. The second-order valence-electron chi connectivity index (χ2n) is 13.6. The number of nitrogens with one attached hydrogen (secondary N) is 2. The van der Waals surface area contributed by atoms with Gasteiger partial charge in [-0.2, -0.15) is 0 Å². The van der Waals surface area contributed by atoms with Crippen LogP contribution in [0.5, 0.6) is 0 Å². The topological polar surface area (TPSA) is 156 Å². The number of esters is 1. The van der Waals surface area contributed by atoms with Crippen molar-refractivity contribution in [2.45, 2.75) is 45.5 Å². The Kier molecular flexibility index (Phi) is 12.9. The molecule has 0 spiro atoms. The summed E-state index contributed by atoms with van der Waals surface area (Å²) in [4.78, 5) is 39.2. The summed E-state index contributed by atoms with van der Waals surface area (Å²) in [6, 6.07) is 30.1. The highest BCUT2D eigenvalue weighted by Gasteiger charge is 2.39. The number of rotatable bonds is 13. The van der Waals surface area contributed by atoms with Crippen LogP contribution < -0.4 is 15.5 Å². The highest BCUT2D eigenvalue weighted by molar-refractivity contribution is 5.80. The van der Waals surface area contributed by atoms with Gasteiger partial charge in [-0.25, -0.2) is 4.79 Å². The predicted molar refractivity (Wildman–Crippen MR) is 203 cm³/mol. The Morgan fingerprint density at radius 2 is 1.57 bits per heavy atom. The number of amides is 2. The number of piperazine rings is 1. The fourth-order valence-corrected chi connectivity index (χ4v) is 6.89. The number of nitro groups is 1. The fourth-order valence-electron chi connectivity index (χ4n) is 6.89. The van der Waals surface area contributed by atoms with E-state index in [1.807, 2.05) is 78.9 Å². The van der Waals surface area contributed by atoms with E-state index >= 15 is 0 Å². The lowest BCUT2D eigenvalue weighted by Crippen LogP contribution is -2.51. The number of hydrogen-bond donors (Lipinski definition) is 3. The van der Waals surface area contributed by atoms with Gasteiger partial charge in [0.05, 0.1) is 30.3 Å². The second-order valence-corrected chi connectivity index (χ2v) is 13.6. The molecule has 4 aromatic carbocycles. The smallest absolute Gasteiger partial charge is 0.325 e. The van der Waals surface area contributed by atoms with Crippen molar-refractivity contribution >= 4 is 23.4 Å². The van der Waals surface area contributed by atoms with Crippen LogP contribution in [0.2, 0.25) is 0 Å². The quantitative estimate of drug-likeness (QED) is 0.0881. The number of aliphatic hydroxyl groups excluding tert-OH is 1. The van der Waals surface area contributed by atoms with E-state index < -0.39 is 18.3 Å². The van der Waals surface area contributed by atoms with E-state index in [-0.39, 0.29) is 55.0 Å². The van der Waals surface area contributed by atoms with Gasteiger partial charge in [0.15, 0.2) is 6.29 Å². The van der Waals surface area contributed by atoms with Crippen LogP contribution in [-0.4, -0.2) is 78.9 Å². The van der Waals surface area contributed by atoms with Gasteiger partial charge in [0.1, 0.15) is 6.54 Å². The standard InChI is InChI=1S/C41H47N5O8/c1-3-52-38(48)25-43-41(49)42-24-30-6-4-7-32(22-30)33-8-5-9-34(23-33)40-53-37(28(2)39(54-40)31-12-10-29(27-47)11-13-31)26-44-18-20-45(21-19-44)35-14-16-36(17-15-35)46(50)51/h4-17,22-23,28,37,39-40,47H,3,18-21,24-27H2,1-2H3,(H2,42,43,49). The number of hydrogen-bond acceptors (Lipinski definition) is 10. The average Bonchev–Trinajstić information content (AvgIpc) is 3.20. The molecule has 0 saturated carbocycles. The molecule has 6 rings (SSSR count). The number of carbonyl (C=O) groups is 2. The first-order valence-corrected chi connectivity index (χ1v) is 18.3. The minimum absolute atomic E-state index is 0.0239. The molecular weight excluding hydrogens is 690 g/mol. The van der Waals surface area contributed by atoms with Crippen LogP contribution in [0.25, 0.3) is 11.1 Å². The number of benzene rings is 4. The van der Waals surface area contributed by atoms with E-state index in [9.17, 15) is 24.8 Å². The molecule has 3 N–H and O–H groups in total. The molecule has 2 aliphatic heterocycles. The number of ether oxygens (including phenoxy) is 3. The highest BCUT2D eigenvalue weighted by Crippen LogP contribution is 2.42. The molecule has 2 amide bonds. The number of aliphatic hydroxyl groups is 1. The number of nitrogens with zero attached hydrogens (tertiary/aromatic N) is 3. The van der Waals surface area contributed by atoms with Gasteiger partial charge in [-0.05, 0) is 59.0 Å². The molecule has 2 aliphatic rings. The van der Waals surface area contributed by atoms with E-state index in [0.717, 1.165) is 65.2 Å². The molecule has 0 aromatic heterocycles. The zero-order valence-corrected chi connectivity index (χ0v) is 30.6. The Balaban J connectivity index is 1.15. The molecule has 0 radical (unpaired) electrons. The Labute approximate surface area is 315 Å². The molecule has 13 heteroatoms. The van der Waals surface area contributed by atoms with Crippen molar-refractivity contribution in [1.82, 2.24) is 15.5 Å². The Morgan fingerprint density at radius 1 is 0.870 bits per heavy atom. The Bertz CT molecular complexity index is 1880. The molecule has 2 saturated heterocycles. The first-order valence-electron chi connectivity index (χ1n) is 18.3. The SMILES string of the molecule is CCOC(=O)CNC(=O)NCc1cccc(-c2cccc(C3OC(CN4CCN(c5ccc([N+](=O)[O-])cc5)CC4)C(C)C(c4ccc(CO)cc4)O3)c2)c1. The molecule has 284 valence electrons. The molecule has 2 fully saturated rings. The number of carbonyl (C=O) groups excluding carboxylic acids is 2. The summed E-state index contributed by atoms with van der Waals surface area (Å²) in [5, 5.41) is 26.1. The van der Waals surface area contributed by atoms with Gasteiger partial charge in [-0.3, -0.25) is 19.8 Å². The maximum atomic E-state index is 12.2. The van der Waals surface area contributed by atoms with Gasteiger partial charge in [-0.15, -0.1) is 0 Å². The fraction of sp³-hybridized carbons (Fsp3) is 0.366. The van der Waals surface area contributed by atoms with Gasteiger partial charge in [-0.1, -0.05) is 67.6 Å². The van der Waals surface area contributed by atoms with Crippen LogP contribution in [0.3, 0.4) is 0 Å². The molecule has 2 heterocycles. The van der Waals surface area contributed by atoms with Gasteiger partial charge in [0.2, 0.25) is 0 Å². The molecule has 13 nitrogen and oxygen atoms in total. The predicted octanol–water partition coefficient (Wildman–Crippen LogP) is 5.73. The summed E-state index contributed by atoms with van der Waals surface area (Å²) in [6.45, 7) is 8.09. The molecule has 4 unspecified atom stereocenters. The Hall–Kier alpha value is -5.34. The van der Waals surface area contributed by atoms with Crippen LogP contribution >= 0.6 is 0 Å². The molecule has 4 aromatic rings. The average molecular weight is 738 g/mol. The lowest BCUT2D eigenvalue weighted by Gasteiger charge is -2.44. The van der Waals surface area contributed by atoms with Crippen LogP contribution in [0.4, 0.5) is 16.2 Å². The zero-order valence-electron chi connectivity index (χ0n) is 30.6. The zero-order chi connectivity index (χ0) is 38.0. The maximum Gasteiger partial charge on any atom is 0.325 e. The van der Waals surface area contributed by atoms with Crippen molar-refractivity contribution in [3.8, 4) is 11.1 Å². The van der Waals surface area contributed by atoms with Gasteiger partial charge < -0.3 is 34.9 Å². The number of nitro benzene ring substituents is 1. The van der Waals surface area contributed by atoms with E-state index in [1.165, 1.54) is 0 Å². The van der Waals surface area contributed by atoms with Gasteiger partial charge in [0.25, 0.3) is 5.69 Å². The maximum absolute atomic E-state index is 12.2. The molecule has 4 atom stereocenters. The van der Waals surface area contributed by atoms with Crippen molar-refractivity contribution in [1.29, 1.82) is 0 Å². The van der Waals surface area contributed by atoms with E-state index in [2.05, 4.69) is 33.4 Å². The van der Waals surface area contributed by atoms with E-state index in [0.29, 0.717) is 6.54 Å². The van der Waals surface area contributed by atoms with Crippen molar-refractivity contribution in [2.75, 3.05) is 50.8 Å². The minimum Gasteiger partial charge on any atom is -0.465 e.